The summed E-state index contributed by atoms with van der Waals surface area (Å²) in [6.07, 6.45) is -4.44. The van der Waals surface area contributed by atoms with Crippen LogP contribution in [0.15, 0.2) is 12.1 Å². The minimum Gasteiger partial charge on any atom is -0.327 e. The number of aromatic nitrogens is 1. The maximum absolute atomic E-state index is 12.5. The van der Waals surface area contributed by atoms with Gasteiger partial charge in [-0.15, -0.1) is 0 Å². The van der Waals surface area contributed by atoms with Crippen molar-refractivity contribution < 1.29 is 18.0 Å². The molecular formula is C12H14ClF3N2O. The molecule has 0 fully saturated rings. The van der Waals surface area contributed by atoms with Crippen LogP contribution in [0.5, 0.6) is 0 Å². The molecule has 1 aromatic rings. The number of hydrogen-bond donors (Lipinski definition) is 0. The fourth-order valence-corrected chi connectivity index (χ4v) is 1.85. The van der Waals surface area contributed by atoms with Crippen molar-refractivity contribution in [1.82, 2.24) is 9.88 Å². The topological polar surface area (TPSA) is 33.2 Å². The molecule has 0 unspecified atom stereocenters. The average molecular weight is 295 g/mol. The van der Waals surface area contributed by atoms with Gasteiger partial charge in [-0.3, -0.25) is 4.79 Å². The molecule has 0 saturated heterocycles. The zero-order valence-corrected chi connectivity index (χ0v) is 11.5. The Morgan fingerprint density at radius 3 is 2.42 bits per heavy atom. The highest BCUT2D eigenvalue weighted by molar-refractivity contribution is 6.29. The lowest BCUT2D eigenvalue weighted by molar-refractivity contribution is -0.143. The number of halogens is 4. The summed E-state index contributed by atoms with van der Waals surface area (Å²) in [6.45, 7) is 3.38. The molecule has 0 aliphatic rings. The van der Waals surface area contributed by atoms with Gasteiger partial charge in [-0.1, -0.05) is 11.6 Å². The Bertz CT molecular complexity index is 454. The van der Waals surface area contributed by atoms with Gasteiger partial charge in [-0.25, -0.2) is 4.98 Å². The molecule has 3 nitrogen and oxygen atoms in total. The van der Waals surface area contributed by atoms with Gasteiger partial charge >= 0.3 is 6.18 Å². The number of rotatable bonds is 3. The van der Waals surface area contributed by atoms with Gasteiger partial charge in [0.15, 0.2) is 0 Å². The predicted molar refractivity (Wildman–Crippen MR) is 66.2 cm³/mol. The molecule has 0 atom stereocenters. The number of pyridine rings is 1. The van der Waals surface area contributed by atoms with Crippen LogP contribution in [0.3, 0.4) is 0 Å². The Morgan fingerprint density at radius 1 is 1.42 bits per heavy atom. The third kappa shape index (κ3) is 4.70. The number of carbonyl (C=O) groups excluding carboxylic acids is 1. The minimum absolute atomic E-state index is 0.0825. The molecule has 106 valence electrons. The number of amides is 1. The van der Waals surface area contributed by atoms with Crippen molar-refractivity contribution in [2.45, 2.75) is 33.0 Å². The van der Waals surface area contributed by atoms with Gasteiger partial charge < -0.3 is 4.90 Å². The van der Waals surface area contributed by atoms with Crippen molar-refractivity contribution in [1.29, 1.82) is 0 Å². The van der Waals surface area contributed by atoms with Crippen molar-refractivity contribution in [2.75, 3.05) is 6.54 Å². The Labute approximate surface area is 114 Å². The van der Waals surface area contributed by atoms with Crippen molar-refractivity contribution in [2.24, 2.45) is 0 Å². The van der Waals surface area contributed by atoms with Crippen molar-refractivity contribution in [3.05, 3.63) is 28.5 Å². The van der Waals surface area contributed by atoms with E-state index in [1.54, 1.807) is 6.92 Å². The van der Waals surface area contributed by atoms with E-state index in [9.17, 15) is 18.0 Å². The molecule has 0 aliphatic heterocycles. The first-order valence-electron chi connectivity index (χ1n) is 5.62. The van der Waals surface area contributed by atoms with Crippen LogP contribution in [0.2, 0.25) is 5.15 Å². The first-order valence-corrected chi connectivity index (χ1v) is 6.00. The van der Waals surface area contributed by atoms with Crippen LogP contribution in [0.25, 0.3) is 0 Å². The van der Waals surface area contributed by atoms with Gasteiger partial charge in [0.25, 0.3) is 5.91 Å². The largest absolute Gasteiger partial charge is 0.406 e. The quantitative estimate of drug-likeness (QED) is 0.800. The van der Waals surface area contributed by atoms with Crippen molar-refractivity contribution >= 4 is 17.5 Å². The normalized spacial score (nSPS) is 11.8. The SMILES string of the molecule is Cc1cc(C(=O)N(CC(F)(F)F)C(C)C)cc(Cl)n1. The standard InChI is InChI=1S/C12H14ClF3N2O/c1-7(2)18(6-12(14,15)16)11(19)9-4-8(3)17-10(13)5-9/h4-5,7H,6H2,1-3H3. The number of alkyl halides is 3. The molecule has 19 heavy (non-hydrogen) atoms. The van der Waals surface area contributed by atoms with Gasteiger partial charge in [-0.05, 0) is 32.9 Å². The van der Waals surface area contributed by atoms with Gasteiger partial charge in [-0.2, -0.15) is 13.2 Å². The Hall–Kier alpha value is -1.30. The lowest BCUT2D eigenvalue weighted by Gasteiger charge is -2.27. The second-order valence-electron chi connectivity index (χ2n) is 4.46. The van der Waals surface area contributed by atoms with E-state index in [4.69, 9.17) is 11.6 Å². The van der Waals surface area contributed by atoms with E-state index in [2.05, 4.69) is 4.98 Å². The molecule has 7 heteroatoms. The van der Waals surface area contributed by atoms with Gasteiger partial charge in [0, 0.05) is 17.3 Å². The Kier molecular flexibility index (Phi) is 4.79. The van der Waals surface area contributed by atoms with Gasteiger partial charge in [0.05, 0.1) is 0 Å². The molecule has 1 rings (SSSR count). The van der Waals surface area contributed by atoms with E-state index in [1.807, 2.05) is 0 Å². The average Bonchev–Trinajstić information content (AvgIpc) is 2.22. The van der Waals surface area contributed by atoms with Crippen LogP contribution in [-0.4, -0.2) is 34.6 Å². The van der Waals surface area contributed by atoms with Gasteiger partial charge in [0.1, 0.15) is 11.7 Å². The fraction of sp³-hybridized carbons (Fsp3) is 0.500. The second kappa shape index (κ2) is 5.77. The fourth-order valence-electron chi connectivity index (χ4n) is 1.60. The van der Waals surface area contributed by atoms with Gasteiger partial charge in [0.2, 0.25) is 0 Å². The highest BCUT2D eigenvalue weighted by Crippen LogP contribution is 2.21. The summed E-state index contributed by atoms with van der Waals surface area (Å²) >= 11 is 5.71. The highest BCUT2D eigenvalue weighted by Gasteiger charge is 2.34. The summed E-state index contributed by atoms with van der Waals surface area (Å²) in [5.41, 5.74) is 0.585. The Morgan fingerprint density at radius 2 is 2.00 bits per heavy atom. The summed E-state index contributed by atoms with van der Waals surface area (Å²) in [7, 11) is 0. The second-order valence-corrected chi connectivity index (χ2v) is 4.85. The van der Waals surface area contributed by atoms with Crippen molar-refractivity contribution in [3.63, 3.8) is 0 Å². The first-order chi connectivity index (χ1) is 8.60. The summed E-state index contributed by atoms with van der Waals surface area (Å²) in [5.74, 6) is -0.709. The molecule has 0 spiro atoms. The monoisotopic (exact) mass is 294 g/mol. The first kappa shape index (κ1) is 15.8. The highest BCUT2D eigenvalue weighted by atomic mass is 35.5. The number of hydrogen-bond acceptors (Lipinski definition) is 2. The van der Waals surface area contributed by atoms with E-state index in [-0.39, 0.29) is 10.7 Å². The third-order valence-electron chi connectivity index (χ3n) is 2.40. The number of nitrogens with zero attached hydrogens (tertiary/aromatic N) is 2. The van der Waals surface area contributed by atoms with Crippen LogP contribution in [0, 0.1) is 6.92 Å². The minimum atomic E-state index is -4.44. The molecule has 0 N–H and O–H groups in total. The van der Waals surface area contributed by atoms with Crippen LogP contribution in [0.4, 0.5) is 13.2 Å². The van der Waals surface area contributed by atoms with E-state index >= 15 is 0 Å². The molecule has 0 radical (unpaired) electrons. The number of carbonyl (C=O) groups is 1. The summed E-state index contributed by atoms with van der Waals surface area (Å²) in [4.78, 5) is 16.7. The predicted octanol–water partition coefficient (Wildman–Crippen LogP) is 3.46. The Balaban J connectivity index is 3.06. The zero-order valence-electron chi connectivity index (χ0n) is 10.8. The molecule has 0 aliphatic carbocycles. The number of aryl methyl sites for hydroxylation is 1. The molecule has 0 aromatic carbocycles. The zero-order chi connectivity index (χ0) is 14.8. The maximum Gasteiger partial charge on any atom is 0.406 e. The summed E-state index contributed by atoms with van der Waals surface area (Å²) in [6, 6.07) is 2.11. The van der Waals surface area contributed by atoms with Crippen LogP contribution >= 0.6 is 11.6 Å². The van der Waals surface area contributed by atoms with Crippen LogP contribution < -0.4 is 0 Å². The molecule has 1 amide bonds. The third-order valence-corrected chi connectivity index (χ3v) is 2.60. The van der Waals surface area contributed by atoms with Crippen LogP contribution in [-0.2, 0) is 0 Å². The smallest absolute Gasteiger partial charge is 0.327 e. The lowest BCUT2D eigenvalue weighted by Crippen LogP contribution is -2.43. The van der Waals surface area contributed by atoms with E-state index in [0.717, 1.165) is 4.90 Å². The van der Waals surface area contributed by atoms with Crippen LogP contribution in [0.1, 0.15) is 29.9 Å². The van der Waals surface area contributed by atoms with E-state index in [0.29, 0.717) is 5.69 Å². The molecule has 0 saturated carbocycles. The summed E-state index contributed by atoms with van der Waals surface area (Å²) in [5, 5.41) is 0.0825. The molecule has 0 bridgehead atoms. The van der Waals surface area contributed by atoms with E-state index in [1.165, 1.54) is 26.0 Å². The van der Waals surface area contributed by atoms with Crippen molar-refractivity contribution in [3.8, 4) is 0 Å². The molecule has 1 heterocycles. The molecule has 1 aromatic heterocycles. The lowest BCUT2D eigenvalue weighted by atomic mass is 10.2. The molecular weight excluding hydrogens is 281 g/mol. The maximum atomic E-state index is 12.5. The van der Waals surface area contributed by atoms with E-state index < -0.39 is 24.7 Å². The summed E-state index contributed by atoms with van der Waals surface area (Å²) < 4.78 is 37.4.